The van der Waals surface area contributed by atoms with E-state index >= 15 is 0 Å². The van der Waals surface area contributed by atoms with Gasteiger partial charge in [-0.1, -0.05) is 0 Å². The van der Waals surface area contributed by atoms with Crippen LogP contribution in [0.4, 0.5) is 5.13 Å². The van der Waals surface area contributed by atoms with E-state index in [-0.39, 0.29) is 0 Å². The van der Waals surface area contributed by atoms with Crippen molar-refractivity contribution >= 4 is 28.2 Å². The molecule has 2 heterocycles. The van der Waals surface area contributed by atoms with Gasteiger partial charge in [-0.3, -0.25) is 0 Å². The van der Waals surface area contributed by atoms with Gasteiger partial charge in [-0.05, 0) is 0 Å². The molecule has 2 N–H and O–H groups in total. The minimum absolute atomic E-state index is 0.605. The molecule has 0 atom stereocenters. The van der Waals surface area contributed by atoms with Gasteiger partial charge >= 0.3 is 0 Å². The molecule has 0 radical (unpaired) electrons. The van der Waals surface area contributed by atoms with Crippen molar-refractivity contribution in [1.82, 2.24) is 13.7 Å². The van der Waals surface area contributed by atoms with Crippen LogP contribution >= 0.6 is 23.1 Å². The number of nitrogens with two attached hydrogens (primary N) is 1. The van der Waals surface area contributed by atoms with Crippen LogP contribution in [0.25, 0.3) is 0 Å². The molecule has 0 aliphatic rings. The molecular formula is C6H6N4S2. The van der Waals surface area contributed by atoms with Crippen LogP contribution in [0.1, 0.15) is 11.4 Å². The zero-order valence-electron chi connectivity index (χ0n) is 6.10. The predicted molar refractivity (Wildman–Crippen MR) is 49.2 cm³/mol. The van der Waals surface area contributed by atoms with Gasteiger partial charge in [0.1, 0.15) is 0 Å². The molecule has 62 valence electrons. The highest BCUT2D eigenvalue weighted by Gasteiger charge is 2.02. The second-order valence-electron chi connectivity index (χ2n) is 2.25. The van der Waals surface area contributed by atoms with Gasteiger partial charge < -0.3 is 5.73 Å². The molecule has 0 aliphatic heterocycles. The van der Waals surface area contributed by atoms with E-state index in [1.807, 2.05) is 5.38 Å². The molecule has 2 rings (SSSR count). The summed E-state index contributed by atoms with van der Waals surface area (Å²) in [5.74, 6) is 0. The third-order valence-electron chi connectivity index (χ3n) is 1.34. The third-order valence-corrected chi connectivity index (χ3v) is 2.58. The van der Waals surface area contributed by atoms with Gasteiger partial charge in [0.2, 0.25) is 0 Å². The average Bonchev–Trinajstić information content (AvgIpc) is 2.63. The Morgan fingerprint density at radius 3 is 2.92 bits per heavy atom. The van der Waals surface area contributed by atoms with Crippen molar-refractivity contribution in [1.29, 1.82) is 0 Å². The Bertz CT molecular complexity index is 353. The van der Waals surface area contributed by atoms with Gasteiger partial charge in [-0.15, -0.1) is 11.3 Å². The highest BCUT2D eigenvalue weighted by atomic mass is 32.1. The van der Waals surface area contributed by atoms with Crippen molar-refractivity contribution in [2.45, 2.75) is 6.42 Å². The maximum atomic E-state index is 5.48. The summed E-state index contributed by atoms with van der Waals surface area (Å²) in [5, 5.41) is 2.54. The highest BCUT2D eigenvalue weighted by Crippen LogP contribution is 2.13. The molecule has 6 heteroatoms. The maximum absolute atomic E-state index is 5.48. The molecule has 12 heavy (non-hydrogen) atoms. The molecule has 0 aromatic carbocycles. The Balaban J connectivity index is 2.14. The Labute approximate surface area is 77.4 Å². The molecule has 0 aliphatic carbocycles. The van der Waals surface area contributed by atoms with E-state index in [4.69, 9.17) is 5.73 Å². The van der Waals surface area contributed by atoms with Gasteiger partial charge in [0.25, 0.3) is 0 Å². The van der Waals surface area contributed by atoms with E-state index in [9.17, 15) is 0 Å². The summed E-state index contributed by atoms with van der Waals surface area (Å²) in [6.07, 6.45) is 2.48. The van der Waals surface area contributed by atoms with Crippen molar-refractivity contribution in [3.63, 3.8) is 0 Å². The standard InChI is InChI=1S/C6H6N4S2/c7-6-9-5(3-11-6)1-4-2-8-12-10-4/h2-3H,1H2,(H2,7,9). The number of aromatic nitrogens is 3. The zero-order chi connectivity index (χ0) is 8.39. The zero-order valence-corrected chi connectivity index (χ0v) is 7.73. The minimum atomic E-state index is 0.605. The van der Waals surface area contributed by atoms with Crippen LogP contribution in [-0.2, 0) is 6.42 Å². The first kappa shape index (κ1) is 7.63. The van der Waals surface area contributed by atoms with Crippen LogP contribution in [-0.4, -0.2) is 13.7 Å². The molecule has 0 spiro atoms. The fraction of sp³-hybridized carbons (Fsp3) is 0.167. The number of hydrogen-bond donors (Lipinski definition) is 1. The Morgan fingerprint density at radius 1 is 1.42 bits per heavy atom. The fourth-order valence-corrected chi connectivity index (χ4v) is 1.85. The van der Waals surface area contributed by atoms with Gasteiger partial charge in [-0.25, -0.2) is 4.98 Å². The SMILES string of the molecule is Nc1nc(Cc2cnsn2)cs1. The molecular weight excluding hydrogens is 192 g/mol. The highest BCUT2D eigenvalue weighted by molar-refractivity contribution is 7.13. The lowest BCUT2D eigenvalue weighted by molar-refractivity contribution is 1.07. The van der Waals surface area contributed by atoms with E-state index < -0.39 is 0 Å². The summed E-state index contributed by atoms with van der Waals surface area (Å²) < 4.78 is 7.98. The number of nitrogens with zero attached hydrogens (tertiary/aromatic N) is 3. The van der Waals surface area contributed by atoms with Crippen LogP contribution < -0.4 is 5.73 Å². The molecule has 0 unspecified atom stereocenters. The minimum Gasteiger partial charge on any atom is -0.375 e. The first-order valence-corrected chi connectivity index (χ1v) is 4.92. The average molecular weight is 198 g/mol. The van der Waals surface area contributed by atoms with Crippen LogP contribution in [0.3, 0.4) is 0 Å². The Hall–Kier alpha value is -1.01. The fourth-order valence-electron chi connectivity index (χ4n) is 0.851. The number of thiazole rings is 1. The summed E-state index contributed by atoms with van der Waals surface area (Å²) in [7, 11) is 0. The Kier molecular flexibility index (Phi) is 2.01. The number of anilines is 1. The first-order chi connectivity index (χ1) is 5.84. The third kappa shape index (κ3) is 1.59. The molecule has 0 amide bonds. The lowest BCUT2D eigenvalue weighted by Crippen LogP contribution is -1.89. The number of hydrogen-bond acceptors (Lipinski definition) is 6. The van der Waals surface area contributed by atoms with E-state index in [1.165, 1.54) is 23.1 Å². The van der Waals surface area contributed by atoms with Crippen molar-refractivity contribution in [3.8, 4) is 0 Å². The first-order valence-electron chi connectivity index (χ1n) is 3.31. The van der Waals surface area contributed by atoms with Crippen LogP contribution in [0.5, 0.6) is 0 Å². The smallest absolute Gasteiger partial charge is 0.180 e. The molecule has 0 fully saturated rings. The quantitative estimate of drug-likeness (QED) is 0.786. The van der Waals surface area contributed by atoms with E-state index in [0.717, 1.165) is 17.8 Å². The summed E-state index contributed by atoms with van der Waals surface area (Å²) in [6.45, 7) is 0. The second-order valence-corrected chi connectivity index (χ2v) is 3.70. The normalized spacial score (nSPS) is 10.3. The van der Waals surface area contributed by atoms with E-state index in [0.29, 0.717) is 5.13 Å². The molecule has 0 saturated carbocycles. The maximum Gasteiger partial charge on any atom is 0.180 e. The molecule has 0 bridgehead atoms. The molecule has 0 saturated heterocycles. The van der Waals surface area contributed by atoms with Gasteiger partial charge in [0.15, 0.2) is 5.13 Å². The van der Waals surface area contributed by atoms with Crippen LogP contribution in [0.2, 0.25) is 0 Å². The monoisotopic (exact) mass is 198 g/mol. The topological polar surface area (TPSA) is 64.7 Å². The lowest BCUT2D eigenvalue weighted by atomic mass is 10.3. The molecule has 2 aromatic rings. The van der Waals surface area contributed by atoms with Crippen molar-refractivity contribution in [2.75, 3.05) is 5.73 Å². The van der Waals surface area contributed by atoms with E-state index in [1.54, 1.807) is 6.20 Å². The summed E-state index contributed by atoms with van der Waals surface area (Å²) >= 11 is 2.66. The predicted octanol–water partition coefficient (Wildman–Crippen LogP) is 1.17. The summed E-state index contributed by atoms with van der Waals surface area (Å²) in [5.41, 5.74) is 7.39. The van der Waals surface area contributed by atoms with E-state index in [2.05, 4.69) is 13.7 Å². The number of nitrogen functional groups attached to an aromatic ring is 1. The van der Waals surface area contributed by atoms with Gasteiger partial charge in [-0.2, -0.15) is 8.75 Å². The lowest BCUT2D eigenvalue weighted by Gasteiger charge is -1.87. The second kappa shape index (κ2) is 3.16. The van der Waals surface area contributed by atoms with Crippen LogP contribution in [0, 0.1) is 0 Å². The molecule has 2 aromatic heterocycles. The largest absolute Gasteiger partial charge is 0.375 e. The summed E-state index contributed by atoms with van der Waals surface area (Å²) in [4.78, 5) is 4.12. The number of rotatable bonds is 2. The van der Waals surface area contributed by atoms with Gasteiger partial charge in [0.05, 0.1) is 29.3 Å². The van der Waals surface area contributed by atoms with Crippen LogP contribution in [0.15, 0.2) is 11.6 Å². The molecule has 4 nitrogen and oxygen atoms in total. The van der Waals surface area contributed by atoms with Gasteiger partial charge in [0, 0.05) is 11.8 Å². The Morgan fingerprint density at radius 2 is 2.33 bits per heavy atom. The van der Waals surface area contributed by atoms with Crippen molar-refractivity contribution in [2.24, 2.45) is 0 Å². The van der Waals surface area contributed by atoms with Crippen molar-refractivity contribution < 1.29 is 0 Å². The summed E-state index contributed by atoms with van der Waals surface area (Å²) in [6, 6.07) is 0. The van der Waals surface area contributed by atoms with Crippen molar-refractivity contribution in [3.05, 3.63) is 23.0 Å².